The third kappa shape index (κ3) is 2.47. The summed E-state index contributed by atoms with van der Waals surface area (Å²) >= 11 is 1.72. The fourth-order valence-corrected chi connectivity index (χ4v) is 2.32. The molecule has 0 atom stereocenters. The summed E-state index contributed by atoms with van der Waals surface area (Å²) in [5, 5.41) is 8.79. The van der Waals surface area contributed by atoms with Crippen LogP contribution in [0.5, 0.6) is 0 Å². The maximum absolute atomic E-state index is 8.79. The van der Waals surface area contributed by atoms with E-state index in [9.17, 15) is 0 Å². The highest BCUT2D eigenvalue weighted by atomic mass is 32.2. The van der Waals surface area contributed by atoms with Gasteiger partial charge in [-0.05, 0) is 30.7 Å². The van der Waals surface area contributed by atoms with Crippen molar-refractivity contribution in [1.29, 1.82) is 5.26 Å². The van der Waals surface area contributed by atoms with Gasteiger partial charge in [-0.3, -0.25) is 0 Å². The molecule has 0 amide bonds. The predicted molar refractivity (Wildman–Crippen MR) is 64.2 cm³/mol. The van der Waals surface area contributed by atoms with E-state index in [2.05, 4.69) is 6.07 Å². The monoisotopic (exact) mass is 229 g/mol. The minimum Gasteiger partial charge on any atom is -0.468 e. The lowest BCUT2D eigenvalue weighted by molar-refractivity contribution is 0.527. The Morgan fingerprint density at radius 1 is 1.38 bits per heavy atom. The van der Waals surface area contributed by atoms with Crippen molar-refractivity contribution in [2.24, 2.45) is 0 Å². The standard InChI is InChI=1S/C13H11NOS/c1-10-13(5-6-15-10)16-9-12-4-2-3-11(7-12)8-14/h2-7H,9H2,1H3. The third-order valence-electron chi connectivity index (χ3n) is 2.26. The van der Waals surface area contributed by atoms with Gasteiger partial charge in [-0.1, -0.05) is 12.1 Å². The molecule has 0 fully saturated rings. The first-order valence-electron chi connectivity index (χ1n) is 4.95. The van der Waals surface area contributed by atoms with Crippen LogP contribution in [0, 0.1) is 18.3 Å². The molecule has 1 aromatic carbocycles. The first kappa shape index (κ1) is 10.8. The topological polar surface area (TPSA) is 36.9 Å². The summed E-state index contributed by atoms with van der Waals surface area (Å²) in [6.45, 7) is 1.95. The fraction of sp³-hybridized carbons (Fsp3) is 0.154. The lowest BCUT2D eigenvalue weighted by Gasteiger charge is -2.00. The molecule has 0 spiro atoms. The minimum atomic E-state index is 0.710. The van der Waals surface area contributed by atoms with Gasteiger partial charge in [0.25, 0.3) is 0 Å². The van der Waals surface area contributed by atoms with Crippen LogP contribution in [-0.4, -0.2) is 0 Å². The molecule has 16 heavy (non-hydrogen) atoms. The van der Waals surface area contributed by atoms with Crippen LogP contribution in [-0.2, 0) is 5.75 Å². The van der Waals surface area contributed by atoms with Gasteiger partial charge >= 0.3 is 0 Å². The molecular formula is C13H11NOS. The van der Waals surface area contributed by atoms with Gasteiger partial charge in [-0.25, -0.2) is 0 Å². The van der Waals surface area contributed by atoms with E-state index in [1.165, 1.54) is 0 Å². The Balaban J connectivity index is 2.05. The van der Waals surface area contributed by atoms with Crippen LogP contribution >= 0.6 is 11.8 Å². The highest BCUT2D eigenvalue weighted by Crippen LogP contribution is 2.26. The molecular weight excluding hydrogens is 218 g/mol. The van der Waals surface area contributed by atoms with Gasteiger partial charge in [0.15, 0.2) is 0 Å². The molecule has 2 nitrogen and oxygen atoms in total. The molecule has 2 aromatic rings. The third-order valence-corrected chi connectivity index (χ3v) is 3.47. The van der Waals surface area contributed by atoms with E-state index in [1.54, 1.807) is 18.0 Å². The van der Waals surface area contributed by atoms with Crippen LogP contribution in [0.2, 0.25) is 0 Å². The van der Waals surface area contributed by atoms with Gasteiger partial charge < -0.3 is 4.42 Å². The molecule has 1 heterocycles. The maximum atomic E-state index is 8.79. The average molecular weight is 229 g/mol. The van der Waals surface area contributed by atoms with Crippen molar-refractivity contribution in [3.05, 3.63) is 53.5 Å². The van der Waals surface area contributed by atoms with Crippen LogP contribution in [0.4, 0.5) is 0 Å². The number of nitriles is 1. The average Bonchev–Trinajstić information content (AvgIpc) is 2.72. The van der Waals surface area contributed by atoms with Crippen molar-refractivity contribution in [3.8, 4) is 6.07 Å². The van der Waals surface area contributed by atoms with Crippen LogP contribution in [0.1, 0.15) is 16.9 Å². The smallest absolute Gasteiger partial charge is 0.114 e. The normalized spacial score (nSPS) is 10.0. The maximum Gasteiger partial charge on any atom is 0.114 e. The number of hydrogen-bond acceptors (Lipinski definition) is 3. The van der Waals surface area contributed by atoms with Crippen molar-refractivity contribution < 1.29 is 4.42 Å². The van der Waals surface area contributed by atoms with E-state index < -0.39 is 0 Å². The van der Waals surface area contributed by atoms with E-state index in [4.69, 9.17) is 9.68 Å². The molecule has 0 N–H and O–H groups in total. The Kier molecular flexibility index (Phi) is 3.33. The molecule has 0 saturated carbocycles. The Labute approximate surface area is 98.9 Å². The minimum absolute atomic E-state index is 0.710. The first-order valence-corrected chi connectivity index (χ1v) is 5.94. The zero-order valence-corrected chi connectivity index (χ0v) is 9.75. The highest BCUT2D eigenvalue weighted by Gasteiger charge is 2.02. The van der Waals surface area contributed by atoms with E-state index in [-0.39, 0.29) is 0 Å². The van der Waals surface area contributed by atoms with Crippen molar-refractivity contribution in [1.82, 2.24) is 0 Å². The van der Waals surface area contributed by atoms with Crippen LogP contribution in [0.3, 0.4) is 0 Å². The van der Waals surface area contributed by atoms with Crippen molar-refractivity contribution >= 4 is 11.8 Å². The van der Waals surface area contributed by atoms with Crippen molar-refractivity contribution in [2.45, 2.75) is 17.6 Å². The molecule has 0 aliphatic rings. The van der Waals surface area contributed by atoms with Gasteiger partial charge in [-0.2, -0.15) is 5.26 Å². The number of hydrogen-bond donors (Lipinski definition) is 0. The summed E-state index contributed by atoms with van der Waals surface area (Å²) < 4.78 is 5.22. The summed E-state index contributed by atoms with van der Waals surface area (Å²) in [6.07, 6.45) is 1.70. The van der Waals surface area contributed by atoms with Crippen LogP contribution in [0.25, 0.3) is 0 Å². The molecule has 0 aliphatic carbocycles. The van der Waals surface area contributed by atoms with Gasteiger partial charge in [0, 0.05) is 10.6 Å². The Bertz CT molecular complexity index is 525. The summed E-state index contributed by atoms with van der Waals surface area (Å²) in [5.41, 5.74) is 1.87. The van der Waals surface area contributed by atoms with E-state index >= 15 is 0 Å². The Morgan fingerprint density at radius 2 is 2.25 bits per heavy atom. The summed E-state index contributed by atoms with van der Waals surface area (Å²) in [7, 11) is 0. The van der Waals surface area contributed by atoms with E-state index in [0.29, 0.717) is 5.56 Å². The molecule has 0 saturated heterocycles. The zero-order chi connectivity index (χ0) is 11.4. The number of aryl methyl sites for hydroxylation is 1. The molecule has 3 heteroatoms. The molecule has 0 bridgehead atoms. The van der Waals surface area contributed by atoms with E-state index in [1.807, 2.05) is 37.3 Å². The molecule has 0 aliphatic heterocycles. The first-order chi connectivity index (χ1) is 7.79. The zero-order valence-electron chi connectivity index (χ0n) is 8.93. The van der Waals surface area contributed by atoms with Crippen molar-refractivity contribution in [3.63, 3.8) is 0 Å². The van der Waals surface area contributed by atoms with Gasteiger partial charge in [0.05, 0.1) is 17.9 Å². The summed E-state index contributed by atoms with van der Waals surface area (Å²) in [4.78, 5) is 1.15. The van der Waals surface area contributed by atoms with Gasteiger partial charge in [0.2, 0.25) is 0 Å². The lowest BCUT2D eigenvalue weighted by Crippen LogP contribution is -1.82. The lowest BCUT2D eigenvalue weighted by atomic mass is 10.2. The summed E-state index contributed by atoms with van der Waals surface area (Å²) in [5.74, 6) is 1.80. The predicted octanol–water partition coefficient (Wildman–Crippen LogP) is 3.75. The second-order valence-corrected chi connectivity index (χ2v) is 4.46. The van der Waals surface area contributed by atoms with Gasteiger partial charge in [-0.15, -0.1) is 11.8 Å². The molecule has 0 radical (unpaired) electrons. The van der Waals surface area contributed by atoms with Gasteiger partial charge in [0.1, 0.15) is 5.76 Å². The fourth-order valence-electron chi connectivity index (χ4n) is 1.41. The Hall–Kier alpha value is -1.66. The second-order valence-electron chi connectivity index (χ2n) is 3.44. The molecule has 80 valence electrons. The number of thioether (sulfide) groups is 1. The van der Waals surface area contributed by atoms with Crippen LogP contribution < -0.4 is 0 Å². The molecule has 1 aromatic heterocycles. The van der Waals surface area contributed by atoms with Crippen molar-refractivity contribution in [2.75, 3.05) is 0 Å². The SMILES string of the molecule is Cc1occc1SCc1cccc(C#N)c1. The number of furan rings is 1. The molecule has 2 rings (SSSR count). The summed E-state index contributed by atoms with van der Waals surface area (Å²) in [6, 6.07) is 11.8. The Morgan fingerprint density at radius 3 is 2.94 bits per heavy atom. The number of nitrogens with zero attached hydrogens (tertiary/aromatic N) is 1. The number of rotatable bonds is 3. The molecule has 0 unspecified atom stereocenters. The highest BCUT2D eigenvalue weighted by molar-refractivity contribution is 7.98. The van der Waals surface area contributed by atoms with E-state index in [0.717, 1.165) is 22.0 Å². The number of benzene rings is 1. The van der Waals surface area contributed by atoms with Crippen LogP contribution in [0.15, 0.2) is 45.9 Å². The quantitative estimate of drug-likeness (QED) is 0.752. The second kappa shape index (κ2) is 4.91. The largest absolute Gasteiger partial charge is 0.468 e.